The van der Waals surface area contributed by atoms with Gasteiger partial charge in [0.1, 0.15) is 10.8 Å². The van der Waals surface area contributed by atoms with E-state index in [0.29, 0.717) is 39.7 Å². The van der Waals surface area contributed by atoms with Gasteiger partial charge in [0, 0.05) is 24.8 Å². The first-order valence-electron chi connectivity index (χ1n) is 7.66. The summed E-state index contributed by atoms with van der Waals surface area (Å²) < 4.78 is 5.58. The SMILES string of the molecule is NC(CNC(=O)c1ccc(Oc2cccc(Cl)c2Cl)nc1)C1CC1. The van der Waals surface area contributed by atoms with Gasteiger partial charge in [-0.15, -0.1) is 0 Å². The highest BCUT2D eigenvalue weighted by Crippen LogP contribution is 2.34. The molecule has 1 amide bonds. The smallest absolute Gasteiger partial charge is 0.252 e. The van der Waals surface area contributed by atoms with Crippen LogP contribution in [0.15, 0.2) is 36.5 Å². The molecule has 3 rings (SSSR count). The topological polar surface area (TPSA) is 77.2 Å². The highest BCUT2D eigenvalue weighted by Gasteiger charge is 2.28. The fourth-order valence-corrected chi connectivity index (χ4v) is 2.58. The van der Waals surface area contributed by atoms with Crippen molar-refractivity contribution >= 4 is 29.1 Å². The molecule has 2 aromatic rings. The van der Waals surface area contributed by atoms with Crippen LogP contribution in [-0.4, -0.2) is 23.5 Å². The highest BCUT2D eigenvalue weighted by atomic mass is 35.5. The molecular formula is C17H17Cl2N3O2. The van der Waals surface area contributed by atoms with E-state index in [1.54, 1.807) is 30.3 Å². The van der Waals surface area contributed by atoms with Crippen LogP contribution in [0, 0.1) is 5.92 Å². The van der Waals surface area contributed by atoms with Crippen molar-refractivity contribution in [3.63, 3.8) is 0 Å². The van der Waals surface area contributed by atoms with Crippen molar-refractivity contribution in [2.24, 2.45) is 11.7 Å². The number of halogens is 2. The average molecular weight is 366 g/mol. The van der Waals surface area contributed by atoms with Crippen LogP contribution in [0.2, 0.25) is 10.0 Å². The maximum Gasteiger partial charge on any atom is 0.252 e. The largest absolute Gasteiger partial charge is 0.437 e. The first-order valence-corrected chi connectivity index (χ1v) is 8.42. The monoisotopic (exact) mass is 365 g/mol. The van der Waals surface area contributed by atoms with Crippen LogP contribution in [-0.2, 0) is 0 Å². The fraction of sp³-hybridized carbons (Fsp3) is 0.294. The average Bonchev–Trinajstić information content (AvgIpc) is 3.42. The second kappa shape index (κ2) is 7.38. The van der Waals surface area contributed by atoms with Crippen LogP contribution in [0.5, 0.6) is 11.6 Å². The summed E-state index contributed by atoms with van der Waals surface area (Å²) in [5.41, 5.74) is 6.41. The Kier molecular flexibility index (Phi) is 5.23. The zero-order valence-electron chi connectivity index (χ0n) is 12.8. The Morgan fingerprint density at radius 3 is 2.79 bits per heavy atom. The third-order valence-electron chi connectivity index (χ3n) is 3.86. The molecule has 0 bridgehead atoms. The van der Waals surface area contributed by atoms with Gasteiger partial charge in [-0.2, -0.15) is 0 Å². The lowest BCUT2D eigenvalue weighted by Crippen LogP contribution is -2.38. The quantitative estimate of drug-likeness (QED) is 0.818. The minimum Gasteiger partial charge on any atom is -0.437 e. The Morgan fingerprint density at radius 2 is 2.12 bits per heavy atom. The van der Waals surface area contributed by atoms with Crippen molar-refractivity contribution < 1.29 is 9.53 Å². The summed E-state index contributed by atoms with van der Waals surface area (Å²) in [6.45, 7) is 0.472. The van der Waals surface area contributed by atoms with E-state index in [1.165, 1.54) is 6.20 Å². The zero-order valence-corrected chi connectivity index (χ0v) is 14.3. The predicted octanol–water partition coefficient (Wildman–Crippen LogP) is 3.65. The normalized spacial score (nSPS) is 15.0. The number of nitrogens with one attached hydrogen (secondary N) is 1. The van der Waals surface area contributed by atoms with Crippen molar-refractivity contribution in [2.45, 2.75) is 18.9 Å². The summed E-state index contributed by atoms with van der Waals surface area (Å²) in [6, 6.07) is 8.36. The number of carbonyl (C=O) groups excluding carboxylic acids is 1. The van der Waals surface area contributed by atoms with E-state index in [-0.39, 0.29) is 11.9 Å². The van der Waals surface area contributed by atoms with E-state index < -0.39 is 0 Å². The molecule has 1 aliphatic rings. The Balaban J connectivity index is 1.60. The van der Waals surface area contributed by atoms with Crippen molar-refractivity contribution in [3.8, 4) is 11.6 Å². The molecule has 24 heavy (non-hydrogen) atoms. The summed E-state index contributed by atoms with van der Waals surface area (Å²) in [7, 11) is 0. The number of hydrogen-bond donors (Lipinski definition) is 2. The molecule has 0 spiro atoms. The lowest BCUT2D eigenvalue weighted by Gasteiger charge is -2.12. The van der Waals surface area contributed by atoms with Gasteiger partial charge in [-0.25, -0.2) is 4.98 Å². The van der Waals surface area contributed by atoms with Crippen LogP contribution in [0.1, 0.15) is 23.2 Å². The number of pyridine rings is 1. The van der Waals surface area contributed by atoms with E-state index in [4.69, 9.17) is 33.7 Å². The summed E-state index contributed by atoms with van der Waals surface area (Å²) >= 11 is 12.0. The van der Waals surface area contributed by atoms with Gasteiger partial charge in [0.15, 0.2) is 0 Å². The number of ether oxygens (including phenoxy) is 1. The molecule has 7 heteroatoms. The molecule has 1 atom stereocenters. The molecule has 1 aromatic heterocycles. The first-order chi connectivity index (χ1) is 11.5. The Morgan fingerprint density at radius 1 is 1.33 bits per heavy atom. The number of rotatable bonds is 6. The summed E-state index contributed by atoms with van der Waals surface area (Å²) in [5, 5.41) is 3.54. The van der Waals surface area contributed by atoms with E-state index in [0.717, 1.165) is 12.8 Å². The highest BCUT2D eigenvalue weighted by molar-refractivity contribution is 6.42. The van der Waals surface area contributed by atoms with E-state index >= 15 is 0 Å². The fourth-order valence-electron chi connectivity index (χ4n) is 2.25. The lowest BCUT2D eigenvalue weighted by molar-refractivity contribution is 0.0950. The number of amides is 1. The molecule has 1 heterocycles. The van der Waals surface area contributed by atoms with Crippen molar-refractivity contribution in [3.05, 3.63) is 52.1 Å². The number of nitrogens with zero attached hydrogens (tertiary/aromatic N) is 1. The number of nitrogens with two attached hydrogens (primary N) is 1. The van der Waals surface area contributed by atoms with Crippen LogP contribution >= 0.6 is 23.2 Å². The Bertz CT molecular complexity index is 733. The van der Waals surface area contributed by atoms with Crippen LogP contribution in [0.25, 0.3) is 0 Å². The summed E-state index contributed by atoms with van der Waals surface area (Å²) in [5.74, 6) is 1.07. The number of carbonyl (C=O) groups is 1. The second-order valence-corrected chi connectivity index (χ2v) is 6.54. The standard InChI is InChI=1S/C17H17Cl2N3O2/c18-12-2-1-3-14(16(12)19)24-15-7-6-11(8-21-15)17(23)22-9-13(20)10-4-5-10/h1-3,6-8,10,13H,4-5,9,20H2,(H,22,23). The molecule has 5 nitrogen and oxygen atoms in total. The van der Waals surface area contributed by atoms with Crippen molar-refractivity contribution in [1.29, 1.82) is 0 Å². The predicted molar refractivity (Wildman–Crippen MR) is 93.8 cm³/mol. The summed E-state index contributed by atoms with van der Waals surface area (Å²) in [4.78, 5) is 16.2. The van der Waals surface area contributed by atoms with Gasteiger partial charge < -0.3 is 15.8 Å². The molecule has 0 saturated heterocycles. The van der Waals surface area contributed by atoms with Crippen molar-refractivity contribution in [2.75, 3.05) is 6.54 Å². The van der Waals surface area contributed by atoms with Gasteiger partial charge in [-0.3, -0.25) is 4.79 Å². The molecule has 0 aliphatic heterocycles. The van der Waals surface area contributed by atoms with E-state index in [9.17, 15) is 4.79 Å². The Labute approximate surface area is 150 Å². The maximum absolute atomic E-state index is 12.1. The first kappa shape index (κ1) is 17.0. The number of hydrogen-bond acceptors (Lipinski definition) is 4. The molecule has 1 aromatic carbocycles. The van der Waals surface area contributed by atoms with Crippen LogP contribution in [0.4, 0.5) is 0 Å². The molecule has 1 aliphatic carbocycles. The van der Waals surface area contributed by atoms with Gasteiger partial charge in [0.05, 0.1) is 10.6 Å². The van der Waals surface area contributed by atoms with E-state index in [1.807, 2.05) is 0 Å². The molecule has 3 N–H and O–H groups in total. The molecule has 1 saturated carbocycles. The van der Waals surface area contributed by atoms with Crippen LogP contribution < -0.4 is 15.8 Å². The van der Waals surface area contributed by atoms with Gasteiger partial charge in [0.25, 0.3) is 5.91 Å². The molecule has 126 valence electrons. The molecule has 1 fully saturated rings. The zero-order chi connectivity index (χ0) is 17.1. The third kappa shape index (κ3) is 4.17. The molecular weight excluding hydrogens is 349 g/mol. The van der Waals surface area contributed by atoms with Crippen LogP contribution in [0.3, 0.4) is 0 Å². The van der Waals surface area contributed by atoms with Crippen molar-refractivity contribution in [1.82, 2.24) is 10.3 Å². The molecule has 1 unspecified atom stereocenters. The minimum atomic E-state index is -0.203. The third-order valence-corrected chi connectivity index (χ3v) is 4.66. The second-order valence-electron chi connectivity index (χ2n) is 5.75. The lowest BCUT2D eigenvalue weighted by atomic mass is 10.2. The number of benzene rings is 1. The molecule has 0 radical (unpaired) electrons. The summed E-state index contributed by atoms with van der Waals surface area (Å²) in [6.07, 6.45) is 3.75. The Hall–Kier alpha value is -1.82. The van der Waals surface area contributed by atoms with E-state index in [2.05, 4.69) is 10.3 Å². The minimum absolute atomic E-state index is 0.0227. The van der Waals surface area contributed by atoms with Gasteiger partial charge >= 0.3 is 0 Å². The number of aromatic nitrogens is 1. The van der Waals surface area contributed by atoms with Gasteiger partial charge in [-0.05, 0) is 37.0 Å². The van der Waals surface area contributed by atoms with Gasteiger partial charge in [0.2, 0.25) is 5.88 Å². The maximum atomic E-state index is 12.1. The van der Waals surface area contributed by atoms with Gasteiger partial charge in [-0.1, -0.05) is 29.3 Å².